The summed E-state index contributed by atoms with van der Waals surface area (Å²) < 4.78 is 25.8. The summed E-state index contributed by atoms with van der Waals surface area (Å²) in [6, 6.07) is 2.77. The van der Waals surface area contributed by atoms with Gasteiger partial charge in [0.2, 0.25) is 12.3 Å². The van der Waals surface area contributed by atoms with E-state index in [1.165, 1.54) is 13.2 Å². The molecule has 1 aliphatic heterocycles. The molecular weight excluding hydrogens is 445 g/mol. The molecule has 1 saturated heterocycles. The summed E-state index contributed by atoms with van der Waals surface area (Å²) in [5.41, 5.74) is -1.01. The molecule has 2 amide bonds. The van der Waals surface area contributed by atoms with E-state index < -0.39 is 23.0 Å². The standard InChI is InChI=1S/C24H36FN3O6/c1-16(6-7-21(30)26-15-29)27-18-12-17(25)19(13-20(18)33-5)28-10-8-24(32,9-11-28)14-22(31)34-23(2,3)4/h12-13,15-16,27,32H,6-11,14H2,1-5H3,(H,26,29,30). The number of carbonyl (C=O) groups is 3. The van der Waals surface area contributed by atoms with Gasteiger partial charge in [-0.1, -0.05) is 0 Å². The van der Waals surface area contributed by atoms with E-state index in [0.717, 1.165) is 0 Å². The van der Waals surface area contributed by atoms with Crippen LogP contribution in [0.3, 0.4) is 0 Å². The maximum Gasteiger partial charge on any atom is 0.309 e. The van der Waals surface area contributed by atoms with E-state index in [-0.39, 0.29) is 24.8 Å². The minimum Gasteiger partial charge on any atom is -0.495 e. The van der Waals surface area contributed by atoms with Crippen LogP contribution in [0.5, 0.6) is 5.75 Å². The Balaban J connectivity index is 2.02. The number of methoxy groups -OCH3 is 1. The molecule has 0 radical (unpaired) electrons. The molecule has 0 aromatic heterocycles. The lowest BCUT2D eigenvalue weighted by Crippen LogP contribution is -2.46. The zero-order valence-electron chi connectivity index (χ0n) is 20.6. The van der Waals surface area contributed by atoms with Crippen molar-refractivity contribution in [1.29, 1.82) is 0 Å². The van der Waals surface area contributed by atoms with Crippen LogP contribution in [0.4, 0.5) is 15.8 Å². The molecule has 1 aromatic carbocycles. The minimum absolute atomic E-state index is 0.102. The van der Waals surface area contributed by atoms with E-state index in [2.05, 4.69) is 10.6 Å². The van der Waals surface area contributed by atoms with Crippen molar-refractivity contribution in [2.45, 2.75) is 77.0 Å². The molecule has 34 heavy (non-hydrogen) atoms. The molecule has 0 aliphatic carbocycles. The van der Waals surface area contributed by atoms with Gasteiger partial charge in [0, 0.05) is 37.7 Å². The van der Waals surface area contributed by atoms with Crippen molar-refractivity contribution in [3.05, 3.63) is 17.9 Å². The van der Waals surface area contributed by atoms with E-state index in [1.807, 2.05) is 11.8 Å². The molecule has 10 heteroatoms. The normalized spacial score (nSPS) is 16.4. The second-order valence-corrected chi connectivity index (χ2v) is 9.75. The number of ether oxygens (including phenoxy) is 2. The molecule has 0 bridgehead atoms. The first-order chi connectivity index (χ1) is 15.9. The maximum absolute atomic E-state index is 15.0. The number of anilines is 2. The highest BCUT2D eigenvalue weighted by atomic mass is 19.1. The number of halogens is 1. The fourth-order valence-electron chi connectivity index (χ4n) is 3.88. The number of nitrogens with zero attached hydrogens (tertiary/aromatic N) is 1. The van der Waals surface area contributed by atoms with Gasteiger partial charge in [-0.3, -0.25) is 19.7 Å². The smallest absolute Gasteiger partial charge is 0.309 e. The monoisotopic (exact) mass is 481 g/mol. The van der Waals surface area contributed by atoms with Gasteiger partial charge in [-0.05, 0) is 47.0 Å². The summed E-state index contributed by atoms with van der Waals surface area (Å²) in [6.07, 6.45) is 1.43. The van der Waals surface area contributed by atoms with Crippen LogP contribution < -0.4 is 20.3 Å². The first-order valence-corrected chi connectivity index (χ1v) is 11.4. The first-order valence-electron chi connectivity index (χ1n) is 11.4. The molecule has 1 fully saturated rings. The highest BCUT2D eigenvalue weighted by Gasteiger charge is 2.36. The van der Waals surface area contributed by atoms with Gasteiger partial charge in [-0.15, -0.1) is 0 Å². The molecule has 1 aliphatic rings. The van der Waals surface area contributed by atoms with E-state index in [4.69, 9.17) is 9.47 Å². The number of hydrogen-bond acceptors (Lipinski definition) is 8. The second kappa shape index (κ2) is 11.5. The molecule has 2 rings (SSSR count). The molecule has 1 atom stereocenters. The highest BCUT2D eigenvalue weighted by Crippen LogP contribution is 2.36. The number of carbonyl (C=O) groups excluding carboxylic acids is 3. The Bertz CT molecular complexity index is 878. The van der Waals surface area contributed by atoms with Crippen LogP contribution in [0.15, 0.2) is 12.1 Å². The van der Waals surface area contributed by atoms with Crippen LogP contribution >= 0.6 is 0 Å². The predicted octanol–water partition coefficient (Wildman–Crippen LogP) is 2.75. The summed E-state index contributed by atoms with van der Waals surface area (Å²) in [5.74, 6) is -0.847. The third-order valence-corrected chi connectivity index (χ3v) is 5.62. The summed E-state index contributed by atoms with van der Waals surface area (Å²) in [4.78, 5) is 35.7. The largest absolute Gasteiger partial charge is 0.495 e. The Hall–Kier alpha value is -2.88. The molecule has 0 saturated carbocycles. The molecule has 9 nitrogen and oxygen atoms in total. The summed E-state index contributed by atoms with van der Waals surface area (Å²) in [6.45, 7) is 7.91. The lowest BCUT2D eigenvalue weighted by Gasteiger charge is -2.39. The minimum atomic E-state index is -1.19. The van der Waals surface area contributed by atoms with Gasteiger partial charge in [0.1, 0.15) is 17.2 Å². The number of imide groups is 1. The molecule has 190 valence electrons. The van der Waals surface area contributed by atoms with Crippen molar-refractivity contribution >= 4 is 29.7 Å². The topological polar surface area (TPSA) is 117 Å². The molecule has 0 spiro atoms. The molecule has 3 N–H and O–H groups in total. The average Bonchev–Trinajstić information content (AvgIpc) is 2.72. The summed E-state index contributed by atoms with van der Waals surface area (Å²) in [5, 5.41) is 16.1. The maximum atomic E-state index is 15.0. The van der Waals surface area contributed by atoms with Crippen molar-refractivity contribution in [1.82, 2.24) is 5.32 Å². The zero-order valence-corrected chi connectivity index (χ0v) is 20.6. The number of piperidine rings is 1. The van der Waals surface area contributed by atoms with E-state index >= 15 is 4.39 Å². The van der Waals surface area contributed by atoms with Gasteiger partial charge in [-0.2, -0.15) is 0 Å². The quantitative estimate of drug-likeness (QED) is 0.345. The molecule has 1 heterocycles. The lowest BCUT2D eigenvalue weighted by atomic mass is 9.88. The van der Waals surface area contributed by atoms with Crippen LogP contribution in [0.1, 0.15) is 59.8 Å². The first kappa shape index (κ1) is 27.4. The van der Waals surface area contributed by atoms with E-state index in [0.29, 0.717) is 55.9 Å². The van der Waals surface area contributed by atoms with Crippen molar-refractivity contribution in [2.75, 3.05) is 30.4 Å². The number of rotatable bonds is 10. The number of nitrogens with one attached hydrogen (secondary N) is 2. The van der Waals surface area contributed by atoms with E-state index in [9.17, 15) is 19.5 Å². The molecular formula is C24H36FN3O6. The number of amides is 2. The zero-order chi connectivity index (χ0) is 25.5. The van der Waals surface area contributed by atoms with Crippen LogP contribution in [-0.2, 0) is 19.1 Å². The van der Waals surface area contributed by atoms with Gasteiger partial charge < -0.3 is 24.8 Å². The Morgan fingerprint density at radius 3 is 2.50 bits per heavy atom. The number of hydrogen-bond donors (Lipinski definition) is 3. The average molecular weight is 482 g/mol. The van der Waals surface area contributed by atoms with Crippen LogP contribution in [0.2, 0.25) is 0 Å². The number of benzene rings is 1. The fourth-order valence-corrected chi connectivity index (χ4v) is 3.88. The number of esters is 1. The van der Waals surface area contributed by atoms with Crippen LogP contribution in [-0.4, -0.2) is 60.8 Å². The van der Waals surface area contributed by atoms with E-state index in [1.54, 1.807) is 26.8 Å². The van der Waals surface area contributed by atoms with Gasteiger partial charge in [0.15, 0.2) is 0 Å². The van der Waals surface area contributed by atoms with Crippen molar-refractivity contribution < 1.29 is 33.4 Å². The Morgan fingerprint density at radius 2 is 1.94 bits per heavy atom. The van der Waals surface area contributed by atoms with Crippen LogP contribution in [0, 0.1) is 5.82 Å². The van der Waals surface area contributed by atoms with Gasteiger partial charge in [-0.25, -0.2) is 4.39 Å². The van der Waals surface area contributed by atoms with Crippen molar-refractivity contribution in [2.24, 2.45) is 0 Å². The SMILES string of the molecule is COc1cc(N2CCC(O)(CC(=O)OC(C)(C)C)CC2)c(F)cc1NC(C)CCC(=O)NC=O. The van der Waals surface area contributed by atoms with Gasteiger partial charge in [0.05, 0.1) is 30.5 Å². The van der Waals surface area contributed by atoms with Crippen molar-refractivity contribution in [3.63, 3.8) is 0 Å². The molecule has 1 unspecified atom stereocenters. The summed E-state index contributed by atoms with van der Waals surface area (Å²) in [7, 11) is 1.49. The van der Waals surface area contributed by atoms with Crippen molar-refractivity contribution in [3.8, 4) is 5.75 Å². The van der Waals surface area contributed by atoms with Crippen LogP contribution in [0.25, 0.3) is 0 Å². The Labute approximate surface area is 200 Å². The second-order valence-electron chi connectivity index (χ2n) is 9.75. The summed E-state index contributed by atoms with van der Waals surface area (Å²) >= 11 is 0. The lowest BCUT2D eigenvalue weighted by molar-refractivity contribution is -0.161. The third kappa shape index (κ3) is 8.16. The third-order valence-electron chi connectivity index (χ3n) is 5.62. The fraction of sp³-hybridized carbons (Fsp3) is 0.625. The predicted molar refractivity (Wildman–Crippen MR) is 126 cm³/mol. The van der Waals surface area contributed by atoms with Gasteiger partial charge >= 0.3 is 5.97 Å². The number of aliphatic hydroxyl groups is 1. The van der Waals surface area contributed by atoms with Gasteiger partial charge in [0.25, 0.3) is 0 Å². The Morgan fingerprint density at radius 1 is 1.29 bits per heavy atom. The highest BCUT2D eigenvalue weighted by molar-refractivity contribution is 5.85. The Kier molecular flexibility index (Phi) is 9.26. The molecule has 1 aromatic rings.